The Balaban J connectivity index is 1.81. The number of hydrogen-bond donors (Lipinski definition) is 1. The fourth-order valence-electron chi connectivity index (χ4n) is 2.14. The highest BCUT2D eigenvalue weighted by molar-refractivity contribution is 6.04. The number of aryl methyl sites for hydroxylation is 2. The molecular weight excluding hydrogens is 299 g/mol. The van der Waals surface area contributed by atoms with Gasteiger partial charge in [-0.1, -0.05) is 6.07 Å². The van der Waals surface area contributed by atoms with Gasteiger partial charge in [0.05, 0.1) is 24.5 Å². The van der Waals surface area contributed by atoms with Gasteiger partial charge in [0.15, 0.2) is 0 Å². The normalized spacial score (nSPS) is 10.7. The van der Waals surface area contributed by atoms with E-state index in [4.69, 9.17) is 4.42 Å². The number of rotatable bonds is 5. The van der Waals surface area contributed by atoms with Crippen molar-refractivity contribution >= 4 is 11.6 Å². The molecule has 23 heavy (non-hydrogen) atoms. The highest BCUT2D eigenvalue weighted by Crippen LogP contribution is 2.24. The molecule has 0 saturated heterocycles. The van der Waals surface area contributed by atoms with Gasteiger partial charge in [0.25, 0.3) is 5.91 Å². The first-order valence-electron chi connectivity index (χ1n) is 7.07. The molecule has 6 nitrogen and oxygen atoms in total. The number of nitrogens with zero attached hydrogens (tertiary/aromatic N) is 3. The molecule has 1 amide bonds. The highest BCUT2D eigenvalue weighted by atomic mass is 19.1. The molecule has 1 N–H and O–H groups in total. The van der Waals surface area contributed by atoms with Gasteiger partial charge in [0, 0.05) is 17.4 Å². The van der Waals surface area contributed by atoms with Gasteiger partial charge in [-0.25, -0.2) is 9.37 Å². The van der Waals surface area contributed by atoms with Crippen molar-refractivity contribution in [1.29, 1.82) is 0 Å². The lowest BCUT2D eigenvalue weighted by Crippen LogP contribution is -2.12. The van der Waals surface area contributed by atoms with Crippen LogP contribution in [0.3, 0.4) is 0 Å². The highest BCUT2D eigenvalue weighted by Gasteiger charge is 2.12. The van der Waals surface area contributed by atoms with Gasteiger partial charge in [0.1, 0.15) is 12.9 Å². The molecule has 1 aromatic carbocycles. The standard InChI is InChI=1S/C16H15FN4O2/c1-11-2-3-12(16-18-5-7-23-16)8-14(11)20-15(22)13-9-19-21(10-13)6-4-17/h2-3,5,7-10H,4,6H2,1H3,(H,20,22). The lowest BCUT2D eigenvalue weighted by atomic mass is 10.1. The predicted octanol–water partition coefficient (Wildman–Crippen LogP) is 3.07. The minimum atomic E-state index is -0.528. The Morgan fingerprint density at radius 2 is 2.30 bits per heavy atom. The van der Waals surface area contributed by atoms with Gasteiger partial charge >= 0.3 is 0 Å². The van der Waals surface area contributed by atoms with Crippen molar-refractivity contribution in [3.8, 4) is 11.5 Å². The fourth-order valence-corrected chi connectivity index (χ4v) is 2.14. The summed E-state index contributed by atoms with van der Waals surface area (Å²) in [4.78, 5) is 16.4. The maximum Gasteiger partial charge on any atom is 0.258 e. The van der Waals surface area contributed by atoms with E-state index >= 15 is 0 Å². The molecule has 0 aliphatic heterocycles. The van der Waals surface area contributed by atoms with Crippen molar-refractivity contribution < 1.29 is 13.6 Å². The molecule has 3 rings (SSSR count). The first-order chi connectivity index (χ1) is 11.2. The second kappa shape index (κ2) is 6.43. The van der Waals surface area contributed by atoms with E-state index in [0.717, 1.165) is 11.1 Å². The molecule has 3 aromatic rings. The third kappa shape index (κ3) is 3.28. The zero-order valence-electron chi connectivity index (χ0n) is 12.5. The minimum Gasteiger partial charge on any atom is -0.445 e. The van der Waals surface area contributed by atoms with Crippen LogP contribution < -0.4 is 5.32 Å². The summed E-state index contributed by atoms with van der Waals surface area (Å²) in [6, 6.07) is 5.54. The summed E-state index contributed by atoms with van der Waals surface area (Å²) in [6.45, 7) is 1.49. The van der Waals surface area contributed by atoms with E-state index in [9.17, 15) is 9.18 Å². The van der Waals surface area contributed by atoms with Gasteiger partial charge in [-0.05, 0) is 24.6 Å². The lowest BCUT2D eigenvalue weighted by Gasteiger charge is -2.08. The van der Waals surface area contributed by atoms with Gasteiger partial charge in [-0.3, -0.25) is 9.48 Å². The molecular formula is C16H15FN4O2. The van der Waals surface area contributed by atoms with E-state index in [1.807, 2.05) is 19.1 Å². The number of carbonyl (C=O) groups is 1. The van der Waals surface area contributed by atoms with E-state index in [1.54, 1.807) is 12.3 Å². The Bertz CT molecular complexity index is 811. The largest absolute Gasteiger partial charge is 0.445 e. The molecule has 0 radical (unpaired) electrons. The molecule has 7 heteroatoms. The number of halogens is 1. The molecule has 2 aromatic heterocycles. The monoisotopic (exact) mass is 314 g/mol. The predicted molar refractivity (Wildman–Crippen MR) is 82.8 cm³/mol. The van der Waals surface area contributed by atoms with Crippen molar-refractivity contribution in [2.24, 2.45) is 0 Å². The number of nitrogens with one attached hydrogen (secondary N) is 1. The van der Waals surface area contributed by atoms with E-state index in [-0.39, 0.29) is 12.5 Å². The Hall–Kier alpha value is -2.96. The van der Waals surface area contributed by atoms with Crippen LogP contribution in [0.2, 0.25) is 0 Å². The van der Waals surface area contributed by atoms with Crippen LogP contribution in [0.4, 0.5) is 10.1 Å². The van der Waals surface area contributed by atoms with Crippen LogP contribution in [0.5, 0.6) is 0 Å². The number of aromatic nitrogens is 3. The molecule has 0 fully saturated rings. The smallest absolute Gasteiger partial charge is 0.258 e. The maximum atomic E-state index is 12.3. The first kappa shape index (κ1) is 15.0. The van der Waals surface area contributed by atoms with Crippen LogP contribution >= 0.6 is 0 Å². The lowest BCUT2D eigenvalue weighted by molar-refractivity contribution is 0.102. The van der Waals surface area contributed by atoms with E-state index in [2.05, 4.69) is 15.4 Å². The third-order valence-electron chi connectivity index (χ3n) is 3.37. The van der Waals surface area contributed by atoms with Crippen molar-refractivity contribution in [3.63, 3.8) is 0 Å². The SMILES string of the molecule is Cc1ccc(-c2ncco2)cc1NC(=O)c1cnn(CCF)c1. The van der Waals surface area contributed by atoms with Crippen molar-refractivity contribution in [3.05, 3.63) is 54.2 Å². The molecule has 0 unspecified atom stereocenters. The van der Waals surface area contributed by atoms with E-state index in [1.165, 1.54) is 23.3 Å². The van der Waals surface area contributed by atoms with Crippen LogP contribution in [0.25, 0.3) is 11.5 Å². The molecule has 118 valence electrons. The Morgan fingerprint density at radius 1 is 1.43 bits per heavy atom. The summed E-state index contributed by atoms with van der Waals surface area (Å²) < 4.78 is 18.9. The summed E-state index contributed by atoms with van der Waals surface area (Å²) in [5, 5.41) is 6.77. The minimum absolute atomic E-state index is 0.131. The molecule has 0 saturated carbocycles. The number of anilines is 1. The Kier molecular flexibility index (Phi) is 4.18. The molecule has 0 aliphatic rings. The third-order valence-corrected chi connectivity index (χ3v) is 3.37. The van der Waals surface area contributed by atoms with Crippen LogP contribution in [-0.4, -0.2) is 27.3 Å². The number of carbonyl (C=O) groups excluding carboxylic acids is 1. The van der Waals surface area contributed by atoms with Gasteiger partial charge in [-0.15, -0.1) is 0 Å². The maximum absolute atomic E-state index is 12.3. The van der Waals surface area contributed by atoms with Crippen molar-refractivity contribution in [2.45, 2.75) is 13.5 Å². The summed E-state index contributed by atoms with van der Waals surface area (Å²) >= 11 is 0. The fraction of sp³-hybridized carbons (Fsp3) is 0.188. The first-order valence-corrected chi connectivity index (χ1v) is 7.07. The second-order valence-corrected chi connectivity index (χ2v) is 5.00. The molecule has 0 atom stereocenters. The molecule has 0 aliphatic carbocycles. The Labute approximate surface area is 132 Å². The van der Waals surface area contributed by atoms with E-state index < -0.39 is 6.67 Å². The number of hydrogen-bond acceptors (Lipinski definition) is 4. The van der Waals surface area contributed by atoms with Crippen LogP contribution in [0.15, 0.2) is 47.5 Å². The average molecular weight is 314 g/mol. The number of alkyl halides is 1. The van der Waals surface area contributed by atoms with Crippen LogP contribution in [-0.2, 0) is 6.54 Å². The van der Waals surface area contributed by atoms with Crippen molar-refractivity contribution in [1.82, 2.24) is 14.8 Å². The van der Waals surface area contributed by atoms with Gasteiger partial charge in [0.2, 0.25) is 5.89 Å². The Morgan fingerprint density at radius 3 is 3.04 bits per heavy atom. The summed E-state index contributed by atoms with van der Waals surface area (Å²) in [7, 11) is 0. The van der Waals surface area contributed by atoms with Crippen LogP contribution in [0.1, 0.15) is 15.9 Å². The zero-order valence-corrected chi connectivity index (χ0v) is 12.5. The molecule has 2 heterocycles. The second-order valence-electron chi connectivity index (χ2n) is 5.00. The van der Waals surface area contributed by atoms with E-state index in [0.29, 0.717) is 17.1 Å². The quantitative estimate of drug-likeness (QED) is 0.785. The summed E-state index contributed by atoms with van der Waals surface area (Å²) in [6.07, 6.45) is 5.99. The summed E-state index contributed by atoms with van der Waals surface area (Å²) in [5.41, 5.74) is 2.71. The number of benzene rings is 1. The number of oxazole rings is 1. The van der Waals surface area contributed by atoms with Crippen molar-refractivity contribution in [2.75, 3.05) is 12.0 Å². The molecule has 0 spiro atoms. The topological polar surface area (TPSA) is 73.0 Å². The van der Waals surface area contributed by atoms with Gasteiger partial charge in [-0.2, -0.15) is 5.10 Å². The van der Waals surface area contributed by atoms with Gasteiger partial charge < -0.3 is 9.73 Å². The average Bonchev–Trinajstić information content (AvgIpc) is 3.21. The number of amides is 1. The zero-order chi connectivity index (χ0) is 16.2. The summed E-state index contributed by atoms with van der Waals surface area (Å²) in [5.74, 6) is 0.180. The molecule has 0 bridgehead atoms. The van der Waals surface area contributed by atoms with Crippen LogP contribution in [0, 0.1) is 6.92 Å².